The summed E-state index contributed by atoms with van der Waals surface area (Å²) in [5.41, 5.74) is 5.99. The van der Waals surface area contributed by atoms with Gasteiger partial charge in [0.2, 0.25) is 0 Å². The van der Waals surface area contributed by atoms with Gasteiger partial charge in [0, 0.05) is 11.8 Å². The Labute approximate surface area is 83.6 Å². The van der Waals surface area contributed by atoms with Crippen LogP contribution < -0.4 is 14.7 Å². The lowest BCUT2D eigenvalue weighted by Gasteiger charge is -2.08. The maximum atomic E-state index is 10.3. The van der Waals surface area contributed by atoms with E-state index in [1.165, 1.54) is 18.2 Å². The molecule has 1 aromatic rings. The molecule has 0 unspecified atom stereocenters. The average Bonchev–Trinajstić information content (AvgIpc) is 2.09. The first kappa shape index (κ1) is 10.6. The van der Waals surface area contributed by atoms with Gasteiger partial charge >= 0.3 is 0 Å². The van der Waals surface area contributed by atoms with Crippen molar-refractivity contribution >= 4 is 16.7 Å². The summed E-state index contributed by atoms with van der Waals surface area (Å²) in [4.78, 5) is 0. The van der Waals surface area contributed by atoms with Crippen LogP contribution in [0.15, 0.2) is 18.2 Å². The lowest BCUT2D eigenvalue weighted by molar-refractivity contribution is 0.329. The minimum atomic E-state index is -2.93. The number of anilines is 1. The van der Waals surface area contributed by atoms with Gasteiger partial charge in [-0.2, -0.15) is 8.42 Å². The summed E-state index contributed by atoms with van der Waals surface area (Å²) in [6, 6.07) is 4.50. The molecule has 0 aliphatic rings. The Morgan fingerprint density at radius 1 is 1.36 bits per heavy atom. The second-order valence-corrected chi connectivity index (χ2v) is 3.08. The average molecular weight is 217 g/mol. The maximum Gasteiger partial charge on any atom is 0.299 e. The highest BCUT2D eigenvalue weighted by Gasteiger charge is 2.05. The zero-order valence-electron chi connectivity index (χ0n) is 7.60. The normalized spacial score (nSPS) is 10.1. The molecular formula is C8H11NO4S. The molecule has 0 aromatic heterocycles. The van der Waals surface area contributed by atoms with Crippen molar-refractivity contribution < 1.29 is 17.3 Å². The van der Waals surface area contributed by atoms with E-state index in [0.717, 1.165) is 0 Å². The van der Waals surface area contributed by atoms with E-state index in [1.807, 2.05) is 0 Å². The topological polar surface area (TPSA) is 78.6 Å². The molecule has 1 aromatic carbocycles. The molecule has 0 saturated heterocycles. The van der Waals surface area contributed by atoms with Crippen LogP contribution in [0.2, 0.25) is 0 Å². The molecule has 6 heteroatoms. The first-order valence-corrected chi connectivity index (χ1v) is 5.07. The van der Waals surface area contributed by atoms with E-state index in [0.29, 0.717) is 18.0 Å². The van der Waals surface area contributed by atoms with Crippen molar-refractivity contribution in [3.8, 4) is 11.5 Å². The molecule has 0 saturated carbocycles. The second-order valence-electron chi connectivity index (χ2n) is 2.45. The van der Waals surface area contributed by atoms with E-state index in [9.17, 15) is 8.42 Å². The third-order valence-electron chi connectivity index (χ3n) is 1.44. The third-order valence-corrected chi connectivity index (χ3v) is 1.79. The quantitative estimate of drug-likeness (QED) is 0.569. The molecule has 0 amide bonds. The van der Waals surface area contributed by atoms with Gasteiger partial charge in [0.15, 0.2) is 11.5 Å². The summed E-state index contributed by atoms with van der Waals surface area (Å²) < 4.78 is 30.3. The van der Waals surface area contributed by atoms with Crippen molar-refractivity contribution in [2.75, 3.05) is 12.3 Å². The van der Waals surface area contributed by atoms with Crippen LogP contribution in [0.25, 0.3) is 0 Å². The van der Waals surface area contributed by atoms with Crippen LogP contribution >= 0.6 is 0 Å². The lowest BCUT2D eigenvalue weighted by Crippen LogP contribution is -1.98. The van der Waals surface area contributed by atoms with Gasteiger partial charge < -0.3 is 14.7 Å². The molecule has 5 nitrogen and oxygen atoms in total. The van der Waals surface area contributed by atoms with Gasteiger partial charge in [0.05, 0.1) is 6.61 Å². The van der Waals surface area contributed by atoms with Gasteiger partial charge in [0.1, 0.15) is 0 Å². The molecule has 0 aliphatic carbocycles. The fraction of sp³-hybridized carbons (Fsp3) is 0.250. The molecule has 0 heterocycles. The Bertz CT molecular complexity index is 381. The molecule has 0 atom stereocenters. The van der Waals surface area contributed by atoms with Crippen LogP contribution in [0.4, 0.5) is 5.69 Å². The van der Waals surface area contributed by atoms with Gasteiger partial charge in [-0.25, -0.2) is 0 Å². The van der Waals surface area contributed by atoms with E-state index in [-0.39, 0.29) is 5.75 Å². The SMILES string of the molecule is CCOc1cc(N)ccc1O[SH](=O)=O. The van der Waals surface area contributed by atoms with Crippen LogP contribution in [0, 0.1) is 0 Å². The van der Waals surface area contributed by atoms with Gasteiger partial charge in [-0.3, -0.25) is 0 Å². The van der Waals surface area contributed by atoms with Crippen LogP contribution in [0.1, 0.15) is 6.92 Å². The highest BCUT2D eigenvalue weighted by atomic mass is 32.2. The molecule has 0 bridgehead atoms. The first-order chi connectivity index (χ1) is 6.63. The summed E-state index contributed by atoms with van der Waals surface area (Å²) in [5, 5.41) is 0. The molecule has 0 radical (unpaired) electrons. The molecule has 0 fully saturated rings. The fourth-order valence-electron chi connectivity index (χ4n) is 0.949. The van der Waals surface area contributed by atoms with Crippen molar-refractivity contribution in [1.82, 2.24) is 0 Å². The minimum absolute atomic E-state index is 0.150. The summed E-state index contributed by atoms with van der Waals surface area (Å²) in [6.45, 7) is 2.19. The Kier molecular flexibility index (Phi) is 3.58. The summed E-state index contributed by atoms with van der Waals surface area (Å²) in [5.74, 6) is 0.476. The number of benzene rings is 1. The second kappa shape index (κ2) is 4.71. The van der Waals surface area contributed by atoms with Gasteiger partial charge in [-0.1, -0.05) is 0 Å². The lowest BCUT2D eigenvalue weighted by atomic mass is 10.3. The van der Waals surface area contributed by atoms with Gasteiger partial charge in [-0.15, -0.1) is 0 Å². The number of hydrogen-bond donors (Lipinski definition) is 2. The summed E-state index contributed by atoms with van der Waals surface area (Å²) in [7, 11) is -2.93. The van der Waals surface area contributed by atoms with E-state index >= 15 is 0 Å². The third kappa shape index (κ3) is 2.81. The molecular weight excluding hydrogens is 206 g/mol. The summed E-state index contributed by atoms with van der Waals surface area (Å²) >= 11 is 0. The maximum absolute atomic E-state index is 10.3. The Morgan fingerprint density at radius 2 is 2.07 bits per heavy atom. The molecule has 2 N–H and O–H groups in total. The van der Waals surface area contributed by atoms with Crippen LogP contribution in [0.3, 0.4) is 0 Å². The Balaban J connectivity index is 3.01. The molecule has 0 spiro atoms. The Morgan fingerprint density at radius 3 is 2.64 bits per heavy atom. The van der Waals surface area contributed by atoms with Gasteiger partial charge in [-0.05, 0) is 19.1 Å². The van der Waals surface area contributed by atoms with E-state index < -0.39 is 11.0 Å². The predicted molar refractivity (Wildman–Crippen MR) is 53.0 cm³/mol. The van der Waals surface area contributed by atoms with Gasteiger partial charge in [0.25, 0.3) is 11.0 Å². The largest absolute Gasteiger partial charge is 0.490 e. The predicted octanol–water partition coefficient (Wildman–Crippen LogP) is 0.573. The van der Waals surface area contributed by atoms with E-state index in [2.05, 4.69) is 4.18 Å². The minimum Gasteiger partial charge on any atom is -0.490 e. The first-order valence-electron chi connectivity index (χ1n) is 3.98. The smallest absolute Gasteiger partial charge is 0.299 e. The van der Waals surface area contributed by atoms with Crippen molar-refractivity contribution in [2.24, 2.45) is 0 Å². The molecule has 0 aliphatic heterocycles. The zero-order chi connectivity index (χ0) is 10.6. The highest BCUT2D eigenvalue weighted by molar-refractivity contribution is 7.67. The molecule has 78 valence electrons. The number of hydrogen-bond acceptors (Lipinski definition) is 5. The zero-order valence-corrected chi connectivity index (χ0v) is 8.49. The van der Waals surface area contributed by atoms with Crippen molar-refractivity contribution in [1.29, 1.82) is 0 Å². The number of nitrogen functional groups attached to an aromatic ring is 1. The van der Waals surface area contributed by atoms with Crippen LogP contribution in [-0.2, 0) is 11.0 Å². The summed E-state index contributed by atoms with van der Waals surface area (Å²) in [6.07, 6.45) is 0. The van der Waals surface area contributed by atoms with E-state index in [1.54, 1.807) is 6.92 Å². The number of nitrogens with two attached hydrogens (primary N) is 1. The fourth-order valence-corrected chi connectivity index (χ4v) is 1.26. The van der Waals surface area contributed by atoms with Crippen LogP contribution in [0.5, 0.6) is 11.5 Å². The number of ether oxygens (including phenoxy) is 1. The van der Waals surface area contributed by atoms with Crippen molar-refractivity contribution in [3.05, 3.63) is 18.2 Å². The molecule has 14 heavy (non-hydrogen) atoms. The number of thiol groups is 1. The van der Waals surface area contributed by atoms with Crippen LogP contribution in [-0.4, -0.2) is 15.0 Å². The Hall–Kier alpha value is -1.43. The van der Waals surface area contributed by atoms with Crippen molar-refractivity contribution in [2.45, 2.75) is 6.92 Å². The van der Waals surface area contributed by atoms with Crippen molar-refractivity contribution in [3.63, 3.8) is 0 Å². The highest BCUT2D eigenvalue weighted by Crippen LogP contribution is 2.29. The standard InChI is InChI=1S/C8H11NO4S/c1-2-12-8-5-6(9)3-4-7(8)13-14(10)11/h3-5,14H,2,9H2,1H3. The monoisotopic (exact) mass is 217 g/mol. The molecule has 1 rings (SSSR count). The number of rotatable bonds is 4. The van der Waals surface area contributed by atoms with E-state index in [4.69, 9.17) is 10.5 Å².